The van der Waals surface area contributed by atoms with Gasteiger partial charge in [-0.25, -0.2) is 9.18 Å². The van der Waals surface area contributed by atoms with E-state index in [0.29, 0.717) is 47.1 Å². The van der Waals surface area contributed by atoms with Crippen LogP contribution in [0.25, 0.3) is 20.8 Å². The number of benzene rings is 1. The van der Waals surface area contributed by atoms with Gasteiger partial charge in [-0.2, -0.15) is 4.39 Å². The van der Waals surface area contributed by atoms with Crippen LogP contribution >= 0.6 is 11.3 Å². The van der Waals surface area contributed by atoms with Crippen LogP contribution in [0.15, 0.2) is 48.8 Å². The molecule has 0 bridgehead atoms. The van der Waals surface area contributed by atoms with E-state index in [9.17, 15) is 14.0 Å². The van der Waals surface area contributed by atoms with Gasteiger partial charge in [0.05, 0.1) is 27.3 Å². The lowest BCUT2D eigenvalue weighted by Crippen LogP contribution is -2.36. The molecule has 0 unspecified atom stereocenters. The van der Waals surface area contributed by atoms with Gasteiger partial charge >= 0.3 is 6.09 Å². The van der Waals surface area contributed by atoms with Crippen LogP contribution in [0.4, 0.5) is 13.6 Å². The molecule has 3 heterocycles. The predicted octanol–water partition coefficient (Wildman–Crippen LogP) is 8.88. The molecular weight excluding hydrogens is 584 g/mol. The predicted molar refractivity (Wildman–Crippen MR) is 167 cm³/mol. The molecule has 1 saturated carbocycles. The fourth-order valence-electron chi connectivity index (χ4n) is 5.05. The molecule has 1 amide bonds. The number of thiophene rings is 1. The lowest BCUT2D eigenvalue weighted by atomic mass is 9.81. The number of ether oxygens (including phenoxy) is 2. The second kappa shape index (κ2) is 13.4. The molecule has 0 aliphatic heterocycles. The van der Waals surface area contributed by atoms with Gasteiger partial charge in [0.25, 0.3) is 0 Å². The number of hydrogen-bond acceptors (Lipinski definition) is 7. The summed E-state index contributed by atoms with van der Waals surface area (Å²) in [5.74, 6) is -1.81. The fourth-order valence-corrected chi connectivity index (χ4v) is 6.09. The number of fused-ring (bicyclic) bond motifs is 1. The van der Waals surface area contributed by atoms with E-state index in [1.807, 2.05) is 45.9 Å². The minimum atomic E-state index is -1.12. The van der Waals surface area contributed by atoms with E-state index in [-0.39, 0.29) is 29.6 Å². The van der Waals surface area contributed by atoms with Crippen molar-refractivity contribution < 1.29 is 27.8 Å². The Morgan fingerprint density at radius 2 is 1.84 bits per heavy atom. The third-order valence-electron chi connectivity index (χ3n) is 7.45. The van der Waals surface area contributed by atoms with Crippen LogP contribution in [0, 0.1) is 17.6 Å². The topological polar surface area (TPSA) is 81.6 Å². The van der Waals surface area contributed by atoms with Gasteiger partial charge in [0.15, 0.2) is 11.6 Å². The number of carbonyl (C=O) groups is 2. The van der Waals surface area contributed by atoms with E-state index in [2.05, 4.69) is 9.97 Å². The standard InChI is InChI=1S/C34H37F2N3O4S/c1-5-15-39(33(41)43-34(2,3)4)20-22-9-11-25(38-19-22)29-18-26-32(44-29)28(13-14-37-26)42-27-12-10-23(30(35)31(27)36)17-24(40)16-21-7-6-8-21/h9-14,18-19,21H,5-8,15-17,20H2,1-4H3. The first kappa shape index (κ1) is 31.5. The third kappa shape index (κ3) is 7.59. The number of halogens is 2. The molecule has 3 aromatic heterocycles. The Morgan fingerprint density at radius 3 is 2.50 bits per heavy atom. The molecule has 1 aromatic carbocycles. The molecule has 0 saturated heterocycles. The minimum Gasteiger partial charge on any atom is -0.453 e. The molecule has 10 heteroatoms. The Bertz CT molecular complexity index is 1650. The fraction of sp³-hybridized carbons (Fsp3) is 0.412. The molecule has 1 fully saturated rings. The number of amides is 1. The second-order valence-corrected chi connectivity index (χ2v) is 13.3. The van der Waals surface area contributed by atoms with E-state index in [0.717, 1.165) is 36.1 Å². The zero-order valence-electron chi connectivity index (χ0n) is 25.5. The zero-order chi connectivity index (χ0) is 31.4. The van der Waals surface area contributed by atoms with E-state index < -0.39 is 17.2 Å². The molecule has 4 aromatic rings. The molecule has 5 rings (SSSR count). The van der Waals surface area contributed by atoms with Crippen LogP contribution in [-0.2, 0) is 22.5 Å². The molecule has 0 atom stereocenters. The normalized spacial score (nSPS) is 13.5. The summed E-state index contributed by atoms with van der Waals surface area (Å²) < 4.78 is 42.0. The van der Waals surface area contributed by atoms with Crippen LogP contribution in [0.2, 0.25) is 0 Å². The van der Waals surface area contributed by atoms with Gasteiger partial charge in [-0.3, -0.25) is 14.8 Å². The van der Waals surface area contributed by atoms with Crippen LogP contribution in [0.1, 0.15) is 70.9 Å². The summed E-state index contributed by atoms with van der Waals surface area (Å²) in [7, 11) is 0. The van der Waals surface area contributed by atoms with Gasteiger partial charge in [-0.05, 0) is 62.4 Å². The number of hydrogen-bond donors (Lipinski definition) is 0. The van der Waals surface area contributed by atoms with Gasteiger partial charge in [-0.15, -0.1) is 11.3 Å². The van der Waals surface area contributed by atoms with Crippen molar-refractivity contribution in [1.29, 1.82) is 0 Å². The Balaban J connectivity index is 1.30. The van der Waals surface area contributed by atoms with Crippen LogP contribution in [0.3, 0.4) is 0 Å². The maximum absolute atomic E-state index is 15.0. The zero-order valence-corrected chi connectivity index (χ0v) is 26.3. The molecule has 44 heavy (non-hydrogen) atoms. The average Bonchev–Trinajstić information content (AvgIpc) is 3.39. The molecular formula is C34H37F2N3O4S. The van der Waals surface area contributed by atoms with Gasteiger partial charge < -0.3 is 14.4 Å². The van der Waals surface area contributed by atoms with E-state index >= 15 is 4.39 Å². The van der Waals surface area contributed by atoms with Crippen LogP contribution < -0.4 is 4.74 Å². The lowest BCUT2D eigenvalue weighted by molar-refractivity contribution is -0.119. The summed E-state index contributed by atoms with van der Waals surface area (Å²) in [5, 5.41) is 0. The first-order valence-electron chi connectivity index (χ1n) is 15.0. The minimum absolute atomic E-state index is 0.0379. The summed E-state index contributed by atoms with van der Waals surface area (Å²) in [5.41, 5.74) is 1.65. The quantitative estimate of drug-likeness (QED) is 0.166. The first-order chi connectivity index (χ1) is 21.0. The lowest BCUT2D eigenvalue weighted by Gasteiger charge is -2.27. The Kier molecular flexibility index (Phi) is 9.58. The summed E-state index contributed by atoms with van der Waals surface area (Å²) in [6, 6.07) is 10.0. The van der Waals surface area contributed by atoms with Gasteiger partial charge in [0.2, 0.25) is 5.82 Å². The number of rotatable bonds is 11. The molecule has 0 radical (unpaired) electrons. The highest BCUT2D eigenvalue weighted by Crippen LogP contribution is 2.39. The molecule has 1 aliphatic rings. The van der Waals surface area contributed by atoms with E-state index in [1.165, 1.54) is 23.5 Å². The molecule has 232 valence electrons. The van der Waals surface area contributed by atoms with Gasteiger partial charge in [0.1, 0.15) is 17.1 Å². The highest BCUT2D eigenvalue weighted by atomic mass is 32.1. The van der Waals surface area contributed by atoms with Crippen LogP contribution in [-0.4, -0.2) is 38.9 Å². The van der Waals surface area contributed by atoms with Crippen molar-refractivity contribution in [2.45, 2.75) is 78.4 Å². The Hall–Kier alpha value is -3.92. The summed E-state index contributed by atoms with van der Waals surface area (Å²) in [6.07, 6.45) is 7.16. The second-order valence-electron chi connectivity index (χ2n) is 12.3. The molecule has 0 N–H and O–H groups in total. The van der Waals surface area contributed by atoms with Gasteiger partial charge in [0, 0.05) is 37.8 Å². The van der Waals surface area contributed by atoms with Crippen molar-refractivity contribution in [1.82, 2.24) is 14.9 Å². The SMILES string of the molecule is CCCN(Cc1ccc(-c2cc3nccc(Oc4ccc(CC(=O)CC5CCC5)c(F)c4F)c3s2)nc1)C(=O)OC(C)(C)C. The number of carbonyl (C=O) groups excluding carboxylic acids is 2. The number of Topliss-reactive ketones (excluding diaryl/α,β-unsaturated/α-hetero) is 1. The smallest absolute Gasteiger partial charge is 0.410 e. The monoisotopic (exact) mass is 621 g/mol. The average molecular weight is 622 g/mol. The van der Waals surface area contributed by atoms with Crippen molar-refractivity contribution in [2.75, 3.05) is 6.54 Å². The van der Waals surface area contributed by atoms with Crippen molar-refractivity contribution in [3.8, 4) is 22.1 Å². The highest BCUT2D eigenvalue weighted by molar-refractivity contribution is 7.22. The Morgan fingerprint density at radius 1 is 1.05 bits per heavy atom. The first-order valence-corrected chi connectivity index (χ1v) is 15.8. The maximum atomic E-state index is 15.0. The van der Waals surface area contributed by atoms with Crippen molar-refractivity contribution in [3.05, 3.63) is 71.6 Å². The number of pyridine rings is 2. The summed E-state index contributed by atoms with van der Waals surface area (Å²) in [4.78, 5) is 36.5. The van der Waals surface area contributed by atoms with Gasteiger partial charge in [-0.1, -0.05) is 38.3 Å². The van der Waals surface area contributed by atoms with Crippen molar-refractivity contribution >= 4 is 33.4 Å². The molecule has 7 nitrogen and oxygen atoms in total. The number of ketones is 1. The summed E-state index contributed by atoms with van der Waals surface area (Å²) in [6.45, 7) is 8.46. The number of nitrogens with zero attached hydrogens (tertiary/aromatic N) is 3. The highest BCUT2D eigenvalue weighted by Gasteiger charge is 2.24. The molecule has 1 aliphatic carbocycles. The Labute approximate surface area is 260 Å². The molecule has 0 spiro atoms. The number of aromatic nitrogens is 2. The van der Waals surface area contributed by atoms with E-state index in [1.54, 1.807) is 23.4 Å². The largest absolute Gasteiger partial charge is 0.453 e. The van der Waals surface area contributed by atoms with E-state index in [4.69, 9.17) is 9.47 Å². The summed E-state index contributed by atoms with van der Waals surface area (Å²) >= 11 is 1.37. The maximum Gasteiger partial charge on any atom is 0.410 e. The van der Waals surface area contributed by atoms with Crippen molar-refractivity contribution in [2.24, 2.45) is 5.92 Å². The van der Waals surface area contributed by atoms with Crippen LogP contribution in [0.5, 0.6) is 11.5 Å². The van der Waals surface area contributed by atoms with Crippen molar-refractivity contribution in [3.63, 3.8) is 0 Å². The third-order valence-corrected chi connectivity index (χ3v) is 8.61.